The molecule has 0 aliphatic carbocycles. The maximum absolute atomic E-state index is 11.1. The Morgan fingerprint density at radius 1 is 1.05 bits per heavy atom. The molecule has 2 rings (SSSR count). The number of benzene rings is 2. The van der Waals surface area contributed by atoms with Crippen molar-refractivity contribution in [3.8, 4) is 5.75 Å². The molecule has 0 spiro atoms. The quantitative estimate of drug-likeness (QED) is 0.603. The van der Waals surface area contributed by atoms with Crippen molar-refractivity contribution in [1.29, 1.82) is 0 Å². The van der Waals surface area contributed by atoms with Crippen LogP contribution in [0.3, 0.4) is 0 Å². The molecule has 2 aromatic carbocycles. The molecular weight excluding hydrogens is 264 g/mol. The van der Waals surface area contributed by atoms with Crippen LogP contribution in [0.15, 0.2) is 42.5 Å². The van der Waals surface area contributed by atoms with Crippen molar-refractivity contribution in [2.24, 2.45) is 0 Å². The van der Waals surface area contributed by atoms with E-state index in [4.69, 9.17) is 4.74 Å². The lowest BCUT2D eigenvalue weighted by Crippen LogP contribution is -2.11. The van der Waals surface area contributed by atoms with E-state index in [2.05, 4.69) is 4.18 Å². The van der Waals surface area contributed by atoms with Gasteiger partial charge < -0.3 is 4.74 Å². The Hall–Kier alpha value is -1.59. The molecule has 2 aromatic rings. The van der Waals surface area contributed by atoms with E-state index in [9.17, 15) is 8.42 Å². The summed E-state index contributed by atoms with van der Waals surface area (Å²) in [4.78, 5) is 0. The Morgan fingerprint density at radius 2 is 1.79 bits per heavy atom. The van der Waals surface area contributed by atoms with E-state index in [1.165, 1.54) is 7.11 Å². The molecule has 0 aliphatic heterocycles. The molecule has 4 nitrogen and oxygen atoms in total. The predicted molar refractivity (Wildman–Crippen MR) is 74.9 cm³/mol. The number of rotatable bonds is 6. The fraction of sp³-hybridized carbons (Fsp3) is 0.286. The molecule has 0 radical (unpaired) electrons. The van der Waals surface area contributed by atoms with Gasteiger partial charge >= 0.3 is 0 Å². The molecule has 0 amide bonds. The summed E-state index contributed by atoms with van der Waals surface area (Å²) in [6.45, 7) is 0.348. The molecule has 0 heterocycles. The van der Waals surface area contributed by atoms with E-state index in [0.29, 0.717) is 13.0 Å². The highest BCUT2D eigenvalue weighted by atomic mass is 32.2. The minimum Gasteiger partial charge on any atom is -0.494 e. The number of hydrogen-bond acceptors (Lipinski definition) is 4. The van der Waals surface area contributed by atoms with Crippen molar-refractivity contribution in [2.45, 2.75) is 6.42 Å². The van der Waals surface area contributed by atoms with Gasteiger partial charge in [-0.2, -0.15) is 8.42 Å². The Bertz CT molecular complexity index is 649. The fourth-order valence-corrected chi connectivity index (χ4v) is 2.40. The summed E-state index contributed by atoms with van der Waals surface area (Å²) in [5, 5.41) is 2.25. The first-order valence-corrected chi connectivity index (χ1v) is 7.58. The highest BCUT2D eigenvalue weighted by Crippen LogP contribution is 2.20. The van der Waals surface area contributed by atoms with Crippen LogP contribution in [0.5, 0.6) is 5.75 Å². The van der Waals surface area contributed by atoms with E-state index < -0.39 is 10.1 Å². The topological polar surface area (TPSA) is 52.6 Å². The minimum absolute atomic E-state index is 0.0307. The molecule has 0 saturated heterocycles. The zero-order valence-electron chi connectivity index (χ0n) is 10.7. The Labute approximate surface area is 113 Å². The van der Waals surface area contributed by atoms with Gasteiger partial charge in [-0.3, -0.25) is 4.18 Å². The summed E-state index contributed by atoms with van der Waals surface area (Å²) in [5.41, 5.74) is 0. The van der Waals surface area contributed by atoms with Gasteiger partial charge in [-0.05, 0) is 29.3 Å². The number of ether oxygens (including phenoxy) is 1. The van der Waals surface area contributed by atoms with E-state index in [1.54, 1.807) is 0 Å². The summed E-state index contributed by atoms with van der Waals surface area (Å²) in [5.74, 6) is 0.713. The van der Waals surface area contributed by atoms with Gasteiger partial charge in [0.1, 0.15) is 5.75 Å². The second-order valence-electron chi connectivity index (χ2n) is 4.14. The molecule has 5 heteroatoms. The van der Waals surface area contributed by atoms with E-state index >= 15 is 0 Å². The zero-order chi connectivity index (χ0) is 13.7. The molecular formula is C14H16O4S. The maximum Gasteiger partial charge on any atom is 0.267 e. The molecule has 102 valence electrons. The van der Waals surface area contributed by atoms with Crippen molar-refractivity contribution in [3.05, 3.63) is 42.5 Å². The van der Waals surface area contributed by atoms with Gasteiger partial charge in [-0.1, -0.05) is 30.3 Å². The van der Waals surface area contributed by atoms with Crippen LogP contribution in [0.25, 0.3) is 10.8 Å². The lowest BCUT2D eigenvalue weighted by atomic mass is 10.1. The number of hydrogen-bond donors (Lipinski definition) is 0. The van der Waals surface area contributed by atoms with Crippen molar-refractivity contribution < 1.29 is 17.3 Å². The summed E-state index contributed by atoms with van der Waals surface area (Å²) in [6, 6.07) is 13.8. The third-order valence-electron chi connectivity index (χ3n) is 2.78. The summed E-state index contributed by atoms with van der Waals surface area (Å²) < 4.78 is 32.1. The summed E-state index contributed by atoms with van der Waals surface area (Å²) in [7, 11) is -2.22. The summed E-state index contributed by atoms with van der Waals surface area (Å²) >= 11 is 0. The van der Waals surface area contributed by atoms with Gasteiger partial charge in [0.15, 0.2) is 0 Å². The van der Waals surface area contributed by atoms with E-state index in [1.807, 2.05) is 42.5 Å². The van der Waals surface area contributed by atoms with Crippen molar-refractivity contribution in [1.82, 2.24) is 0 Å². The van der Waals surface area contributed by atoms with Crippen molar-refractivity contribution in [2.75, 3.05) is 19.5 Å². The second-order valence-corrected chi connectivity index (χ2v) is 6.00. The van der Waals surface area contributed by atoms with Crippen LogP contribution in [-0.4, -0.2) is 27.9 Å². The first-order chi connectivity index (χ1) is 9.11. The standard InChI is InChI=1S/C14H16O4S/c1-17-19(15,16)10-4-9-18-14-8-7-12-5-2-3-6-13(12)11-14/h2-3,5-8,11H,4,9-10H2,1H3. The van der Waals surface area contributed by atoms with Crippen LogP contribution in [0.2, 0.25) is 0 Å². The van der Waals surface area contributed by atoms with Crippen molar-refractivity contribution in [3.63, 3.8) is 0 Å². The molecule has 0 aliphatic rings. The molecule has 19 heavy (non-hydrogen) atoms. The molecule has 0 aromatic heterocycles. The first kappa shape index (κ1) is 13.8. The predicted octanol–water partition coefficient (Wildman–Crippen LogP) is 2.58. The van der Waals surface area contributed by atoms with Gasteiger partial charge in [0.2, 0.25) is 0 Å². The SMILES string of the molecule is COS(=O)(=O)CCCOc1ccc2ccccc2c1. The molecule has 0 saturated carbocycles. The van der Waals surface area contributed by atoms with Crippen LogP contribution in [0, 0.1) is 0 Å². The molecule has 0 unspecified atom stereocenters. The Kier molecular flexibility index (Phi) is 4.39. The Morgan fingerprint density at radius 3 is 2.53 bits per heavy atom. The van der Waals surface area contributed by atoms with Crippen molar-refractivity contribution >= 4 is 20.9 Å². The smallest absolute Gasteiger partial charge is 0.267 e. The minimum atomic E-state index is -3.39. The van der Waals surface area contributed by atoms with Crippen LogP contribution < -0.4 is 4.74 Å². The van der Waals surface area contributed by atoms with Gasteiger partial charge in [0.25, 0.3) is 10.1 Å². The summed E-state index contributed by atoms with van der Waals surface area (Å²) in [6.07, 6.45) is 0.406. The number of fused-ring (bicyclic) bond motifs is 1. The molecule has 0 fully saturated rings. The van der Waals surface area contributed by atoms with Crippen LogP contribution in [0.4, 0.5) is 0 Å². The average molecular weight is 280 g/mol. The maximum atomic E-state index is 11.1. The zero-order valence-corrected chi connectivity index (χ0v) is 11.5. The molecule has 0 N–H and O–H groups in total. The van der Waals surface area contributed by atoms with E-state index in [-0.39, 0.29) is 5.75 Å². The monoisotopic (exact) mass is 280 g/mol. The highest BCUT2D eigenvalue weighted by Gasteiger charge is 2.07. The Balaban J connectivity index is 1.91. The normalized spacial score (nSPS) is 11.6. The molecule has 0 atom stereocenters. The lowest BCUT2D eigenvalue weighted by molar-refractivity contribution is 0.314. The average Bonchev–Trinajstić information content (AvgIpc) is 2.43. The van der Waals surface area contributed by atoms with Gasteiger partial charge in [-0.25, -0.2) is 0 Å². The second kappa shape index (κ2) is 6.04. The highest BCUT2D eigenvalue weighted by molar-refractivity contribution is 7.86. The van der Waals surface area contributed by atoms with Crippen LogP contribution in [0.1, 0.15) is 6.42 Å². The fourth-order valence-electron chi connectivity index (χ4n) is 1.77. The largest absolute Gasteiger partial charge is 0.494 e. The van der Waals surface area contributed by atoms with Crippen LogP contribution in [-0.2, 0) is 14.3 Å². The lowest BCUT2D eigenvalue weighted by Gasteiger charge is -2.07. The van der Waals surface area contributed by atoms with Crippen LogP contribution >= 0.6 is 0 Å². The van der Waals surface area contributed by atoms with E-state index in [0.717, 1.165) is 16.5 Å². The van der Waals surface area contributed by atoms with Gasteiger partial charge in [-0.15, -0.1) is 0 Å². The molecule has 0 bridgehead atoms. The van der Waals surface area contributed by atoms with Gasteiger partial charge in [0.05, 0.1) is 19.5 Å². The third-order valence-corrected chi connectivity index (χ3v) is 4.08. The van der Waals surface area contributed by atoms with Gasteiger partial charge in [0, 0.05) is 0 Å². The third kappa shape index (κ3) is 3.94. The first-order valence-electron chi connectivity index (χ1n) is 6.01.